The second-order valence-electron chi connectivity index (χ2n) is 6.83. The smallest absolute Gasteiger partial charge is 0.339 e. The number of ether oxygens (including phenoxy) is 1. The van der Waals surface area contributed by atoms with Crippen LogP contribution in [-0.2, 0) is 14.9 Å². The molecule has 0 aliphatic heterocycles. The summed E-state index contributed by atoms with van der Waals surface area (Å²) in [4.78, 5) is 22.3. The van der Waals surface area contributed by atoms with Crippen molar-refractivity contribution in [1.29, 1.82) is 5.26 Å². The molecule has 35 heavy (non-hydrogen) atoms. The highest BCUT2D eigenvalue weighted by atomic mass is 79.9. The molecule has 0 aromatic heterocycles. The Bertz CT molecular complexity index is 1450. The van der Waals surface area contributed by atoms with Crippen molar-refractivity contribution < 1.29 is 27.1 Å². The number of rotatable bonds is 8. The fraction of sp³-hybridized carbons (Fsp3) is 0.0435. The second-order valence-corrected chi connectivity index (χ2v) is 9.29. The van der Waals surface area contributed by atoms with Gasteiger partial charge < -0.3 is 14.2 Å². The highest BCUT2D eigenvalue weighted by Crippen LogP contribution is 2.32. The molecular formula is C23H16BrN3O7S. The molecule has 0 radical (unpaired) electrons. The summed E-state index contributed by atoms with van der Waals surface area (Å²) < 4.78 is 36.3. The van der Waals surface area contributed by atoms with Gasteiger partial charge in [-0.1, -0.05) is 22.0 Å². The van der Waals surface area contributed by atoms with Gasteiger partial charge in [0.25, 0.3) is 11.6 Å². The topological polar surface area (TPSA) is 149 Å². The molecule has 0 unspecified atom stereocenters. The van der Waals surface area contributed by atoms with E-state index in [2.05, 4.69) is 21.2 Å². The van der Waals surface area contributed by atoms with Gasteiger partial charge in [-0.15, -0.1) is 0 Å². The molecule has 3 rings (SSSR count). The fourth-order valence-electron chi connectivity index (χ4n) is 2.79. The lowest BCUT2D eigenvalue weighted by molar-refractivity contribution is -0.384. The third-order valence-corrected chi connectivity index (χ3v) is 6.28. The molecule has 1 amide bonds. The van der Waals surface area contributed by atoms with Crippen LogP contribution in [0, 0.1) is 21.4 Å². The van der Waals surface area contributed by atoms with E-state index in [1.165, 1.54) is 31.4 Å². The molecule has 10 nitrogen and oxygen atoms in total. The summed E-state index contributed by atoms with van der Waals surface area (Å²) in [5, 5.41) is 22.8. The van der Waals surface area contributed by atoms with E-state index in [9.17, 15) is 28.6 Å². The van der Waals surface area contributed by atoms with E-state index in [4.69, 9.17) is 8.92 Å². The molecule has 0 spiro atoms. The number of nitriles is 1. The Labute approximate surface area is 208 Å². The second kappa shape index (κ2) is 10.8. The fourth-order valence-corrected chi connectivity index (χ4v) is 3.99. The van der Waals surface area contributed by atoms with Gasteiger partial charge in [-0.3, -0.25) is 14.9 Å². The van der Waals surface area contributed by atoms with Gasteiger partial charge in [0, 0.05) is 22.3 Å². The summed E-state index contributed by atoms with van der Waals surface area (Å²) in [6.07, 6.45) is 1.31. The van der Waals surface area contributed by atoms with Crippen molar-refractivity contribution in [1.82, 2.24) is 0 Å². The Morgan fingerprint density at radius 2 is 1.74 bits per heavy atom. The number of amides is 1. The first kappa shape index (κ1) is 25.4. The average Bonchev–Trinajstić information content (AvgIpc) is 2.84. The number of carbonyl (C=O) groups is 1. The number of methoxy groups -OCH3 is 1. The van der Waals surface area contributed by atoms with E-state index in [-0.39, 0.29) is 27.7 Å². The van der Waals surface area contributed by atoms with E-state index in [0.29, 0.717) is 11.3 Å². The number of hydrogen-bond acceptors (Lipinski definition) is 8. The summed E-state index contributed by atoms with van der Waals surface area (Å²) in [6, 6.07) is 17.0. The van der Waals surface area contributed by atoms with E-state index in [1.807, 2.05) is 6.07 Å². The number of nitro benzene ring substituents is 1. The predicted octanol–water partition coefficient (Wildman–Crippen LogP) is 4.68. The Hall–Kier alpha value is -4.21. The Morgan fingerprint density at radius 3 is 2.31 bits per heavy atom. The quantitative estimate of drug-likeness (QED) is 0.138. The average molecular weight is 558 g/mol. The van der Waals surface area contributed by atoms with Crippen LogP contribution in [0.5, 0.6) is 11.5 Å². The lowest BCUT2D eigenvalue weighted by Crippen LogP contribution is -2.13. The number of halogens is 1. The summed E-state index contributed by atoms with van der Waals surface area (Å²) >= 11 is 3.30. The van der Waals surface area contributed by atoms with Crippen LogP contribution in [0.4, 0.5) is 11.4 Å². The van der Waals surface area contributed by atoms with Crippen LogP contribution in [0.25, 0.3) is 6.08 Å². The van der Waals surface area contributed by atoms with Gasteiger partial charge in [0.15, 0.2) is 11.5 Å². The van der Waals surface area contributed by atoms with Gasteiger partial charge in [0.2, 0.25) is 0 Å². The Morgan fingerprint density at radius 1 is 1.09 bits per heavy atom. The van der Waals surface area contributed by atoms with Crippen LogP contribution in [0.1, 0.15) is 5.56 Å². The van der Waals surface area contributed by atoms with Crippen molar-refractivity contribution >= 4 is 49.4 Å². The van der Waals surface area contributed by atoms with Crippen LogP contribution < -0.4 is 14.2 Å². The first-order valence-corrected chi connectivity index (χ1v) is 11.9. The van der Waals surface area contributed by atoms with Crippen molar-refractivity contribution in [3.8, 4) is 17.6 Å². The number of anilines is 1. The minimum absolute atomic E-state index is 0.0230. The summed E-state index contributed by atoms with van der Waals surface area (Å²) in [5.74, 6) is -0.759. The number of benzene rings is 3. The molecule has 0 aliphatic carbocycles. The minimum atomic E-state index is -4.32. The third kappa shape index (κ3) is 6.44. The largest absolute Gasteiger partial charge is 0.493 e. The van der Waals surface area contributed by atoms with Crippen molar-refractivity contribution in [2.45, 2.75) is 4.90 Å². The van der Waals surface area contributed by atoms with Gasteiger partial charge in [0.1, 0.15) is 16.5 Å². The SMILES string of the molecule is COc1cc(C=C(C#N)C(=O)Nc2ccc(Br)cc2)ccc1OS(=O)(=O)c1ccc([N+](=O)[O-])cc1. The highest BCUT2D eigenvalue weighted by Gasteiger charge is 2.21. The standard InChI is InChI=1S/C23H16BrN3O7S/c1-33-22-13-15(12-16(14-25)23(28)26-18-5-3-17(24)4-6-18)2-11-21(22)34-35(31,32)20-9-7-19(8-10-20)27(29)30/h2-13H,1H3,(H,26,28). The molecule has 0 heterocycles. The first-order valence-electron chi connectivity index (χ1n) is 9.68. The molecule has 0 aliphatic rings. The molecule has 0 atom stereocenters. The first-order chi connectivity index (χ1) is 16.6. The lowest BCUT2D eigenvalue weighted by atomic mass is 10.1. The van der Waals surface area contributed by atoms with E-state index < -0.39 is 20.9 Å². The zero-order valence-electron chi connectivity index (χ0n) is 18.0. The molecule has 0 saturated heterocycles. The van der Waals surface area contributed by atoms with E-state index in [0.717, 1.165) is 28.7 Å². The lowest BCUT2D eigenvalue weighted by Gasteiger charge is -2.11. The van der Waals surface area contributed by atoms with E-state index in [1.54, 1.807) is 24.3 Å². The summed E-state index contributed by atoms with van der Waals surface area (Å²) in [6.45, 7) is 0. The van der Waals surface area contributed by atoms with Crippen LogP contribution in [-0.4, -0.2) is 26.4 Å². The maximum Gasteiger partial charge on any atom is 0.339 e. The number of hydrogen-bond donors (Lipinski definition) is 1. The highest BCUT2D eigenvalue weighted by molar-refractivity contribution is 9.10. The number of nitrogens with zero attached hydrogens (tertiary/aromatic N) is 2. The van der Waals surface area contributed by atoms with Crippen LogP contribution >= 0.6 is 15.9 Å². The normalized spacial score (nSPS) is 11.3. The van der Waals surface area contributed by atoms with Crippen LogP contribution in [0.3, 0.4) is 0 Å². The molecule has 12 heteroatoms. The van der Waals surface area contributed by atoms with Gasteiger partial charge in [-0.05, 0) is 60.2 Å². The van der Waals surface area contributed by atoms with Gasteiger partial charge >= 0.3 is 10.1 Å². The zero-order chi connectivity index (χ0) is 25.6. The minimum Gasteiger partial charge on any atom is -0.493 e. The molecule has 3 aromatic rings. The molecule has 0 bridgehead atoms. The molecule has 0 fully saturated rings. The van der Waals surface area contributed by atoms with Gasteiger partial charge in [-0.25, -0.2) is 0 Å². The maximum absolute atomic E-state index is 12.6. The molecule has 1 N–H and O–H groups in total. The van der Waals surface area contributed by atoms with E-state index >= 15 is 0 Å². The third-order valence-electron chi connectivity index (χ3n) is 4.50. The monoisotopic (exact) mass is 557 g/mol. The number of non-ortho nitro benzene ring substituents is 1. The number of carbonyl (C=O) groups excluding carboxylic acids is 1. The van der Waals surface area contributed by atoms with Gasteiger partial charge in [-0.2, -0.15) is 13.7 Å². The van der Waals surface area contributed by atoms with Gasteiger partial charge in [0.05, 0.1) is 12.0 Å². The van der Waals surface area contributed by atoms with Crippen molar-refractivity contribution in [3.63, 3.8) is 0 Å². The summed E-state index contributed by atoms with van der Waals surface area (Å²) in [5.41, 5.74) is 0.416. The molecule has 0 saturated carbocycles. The summed E-state index contributed by atoms with van der Waals surface area (Å²) in [7, 11) is -3.03. The van der Waals surface area contributed by atoms with Crippen molar-refractivity contribution in [3.05, 3.63) is 92.5 Å². The van der Waals surface area contributed by atoms with Crippen LogP contribution in [0.15, 0.2) is 81.7 Å². The van der Waals surface area contributed by atoms with Crippen molar-refractivity contribution in [2.75, 3.05) is 12.4 Å². The van der Waals surface area contributed by atoms with Crippen LogP contribution in [0.2, 0.25) is 0 Å². The van der Waals surface area contributed by atoms with Crippen molar-refractivity contribution in [2.24, 2.45) is 0 Å². The maximum atomic E-state index is 12.6. The predicted molar refractivity (Wildman–Crippen MR) is 130 cm³/mol. The Kier molecular flexibility index (Phi) is 7.85. The molecular weight excluding hydrogens is 542 g/mol. The zero-order valence-corrected chi connectivity index (χ0v) is 20.4. The Balaban J connectivity index is 1.83. The number of nitro groups is 1. The number of nitrogens with one attached hydrogen (secondary N) is 1. The molecule has 178 valence electrons. The molecule has 3 aromatic carbocycles.